The Morgan fingerprint density at radius 1 is 1.21 bits per heavy atom. The monoisotopic (exact) mass is 440 g/mol. The van der Waals surface area contributed by atoms with Gasteiger partial charge in [0.15, 0.2) is 11.8 Å². The minimum atomic E-state index is 0. The highest BCUT2D eigenvalue weighted by molar-refractivity contribution is 14.0. The second-order valence-electron chi connectivity index (χ2n) is 6.09. The summed E-state index contributed by atoms with van der Waals surface area (Å²) in [5.41, 5.74) is 9.20. The molecule has 2 aromatic rings. The van der Waals surface area contributed by atoms with Gasteiger partial charge in [-0.25, -0.2) is 14.7 Å². The van der Waals surface area contributed by atoms with Crippen LogP contribution in [0.15, 0.2) is 29.4 Å². The van der Waals surface area contributed by atoms with Crippen molar-refractivity contribution in [2.75, 3.05) is 13.1 Å². The fourth-order valence-electron chi connectivity index (χ4n) is 2.89. The van der Waals surface area contributed by atoms with Crippen LogP contribution in [0.3, 0.4) is 0 Å². The highest BCUT2D eigenvalue weighted by atomic mass is 127. The third kappa shape index (κ3) is 4.46. The average Bonchev–Trinajstić information content (AvgIpc) is 2.92. The van der Waals surface area contributed by atoms with Crippen LogP contribution in [-0.2, 0) is 6.54 Å². The highest BCUT2D eigenvalue weighted by Gasteiger charge is 2.11. The topological polar surface area (TPSA) is 72.3 Å². The zero-order chi connectivity index (χ0) is 16.2. The molecule has 0 atom stereocenters. The van der Waals surface area contributed by atoms with Gasteiger partial charge in [-0.05, 0) is 50.8 Å². The second kappa shape index (κ2) is 8.46. The maximum atomic E-state index is 6.08. The second-order valence-corrected chi connectivity index (χ2v) is 6.09. The van der Waals surface area contributed by atoms with Gasteiger partial charge in [0.05, 0.1) is 12.2 Å². The van der Waals surface area contributed by atoms with E-state index in [-0.39, 0.29) is 24.0 Å². The Labute approximate surface area is 160 Å². The number of nitrogens with two attached hydrogens (primary N) is 1. The summed E-state index contributed by atoms with van der Waals surface area (Å²) in [6.45, 7) is 6.61. The Balaban J connectivity index is 0.00000208. The first-order chi connectivity index (χ1) is 11.1. The fourth-order valence-corrected chi connectivity index (χ4v) is 2.89. The molecule has 0 amide bonds. The van der Waals surface area contributed by atoms with Crippen LogP contribution in [0.25, 0.3) is 5.82 Å². The number of hydrogen-bond donors (Lipinski definition) is 1. The third-order valence-corrected chi connectivity index (χ3v) is 4.14. The third-order valence-electron chi connectivity index (χ3n) is 4.14. The molecular formula is C17H25IN6. The zero-order valence-corrected chi connectivity index (χ0v) is 16.6. The normalized spacial score (nSPS) is 15.2. The first-order valence-electron chi connectivity index (χ1n) is 8.17. The molecule has 0 unspecified atom stereocenters. The zero-order valence-electron chi connectivity index (χ0n) is 14.3. The number of nitrogens with zero attached hydrogens (tertiary/aromatic N) is 5. The summed E-state index contributed by atoms with van der Waals surface area (Å²) >= 11 is 0. The quantitative estimate of drug-likeness (QED) is 0.453. The fraction of sp³-hybridized carbons (Fsp3) is 0.471. The van der Waals surface area contributed by atoms with Crippen LogP contribution in [0.5, 0.6) is 0 Å². The summed E-state index contributed by atoms with van der Waals surface area (Å²) < 4.78 is 1.85. The number of aryl methyl sites for hydroxylation is 2. The number of hydrogen-bond acceptors (Lipinski definition) is 3. The van der Waals surface area contributed by atoms with E-state index in [1.54, 1.807) is 0 Å². The minimum Gasteiger partial charge on any atom is -0.370 e. The number of aliphatic imine (C=N–C) groups is 1. The van der Waals surface area contributed by atoms with E-state index in [4.69, 9.17) is 5.73 Å². The van der Waals surface area contributed by atoms with Crippen molar-refractivity contribution in [3.05, 3.63) is 41.3 Å². The molecule has 0 spiro atoms. The van der Waals surface area contributed by atoms with Gasteiger partial charge in [0.2, 0.25) is 0 Å². The number of aromatic nitrogens is 3. The van der Waals surface area contributed by atoms with Crippen LogP contribution in [0.1, 0.15) is 36.2 Å². The van der Waals surface area contributed by atoms with Gasteiger partial charge >= 0.3 is 0 Å². The minimum absolute atomic E-state index is 0. The lowest BCUT2D eigenvalue weighted by molar-refractivity contribution is 0.338. The predicted molar refractivity (Wildman–Crippen MR) is 107 cm³/mol. The summed E-state index contributed by atoms with van der Waals surface area (Å²) in [5, 5.41) is 4.45. The van der Waals surface area contributed by atoms with Crippen molar-refractivity contribution >= 4 is 29.9 Å². The van der Waals surface area contributed by atoms with Crippen molar-refractivity contribution < 1.29 is 0 Å². The lowest BCUT2D eigenvalue weighted by Crippen LogP contribution is -2.40. The predicted octanol–water partition coefficient (Wildman–Crippen LogP) is 2.80. The van der Waals surface area contributed by atoms with E-state index in [1.807, 2.05) is 42.9 Å². The van der Waals surface area contributed by atoms with Crippen molar-refractivity contribution in [1.29, 1.82) is 0 Å². The Hall–Kier alpha value is -1.64. The summed E-state index contributed by atoms with van der Waals surface area (Å²) in [5.74, 6) is 1.47. The van der Waals surface area contributed by atoms with Crippen LogP contribution in [0, 0.1) is 13.8 Å². The highest BCUT2D eigenvalue weighted by Crippen LogP contribution is 2.11. The van der Waals surface area contributed by atoms with Gasteiger partial charge in [0.25, 0.3) is 0 Å². The van der Waals surface area contributed by atoms with E-state index in [1.165, 1.54) is 19.3 Å². The van der Waals surface area contributed by atoms with E-state index >= 15 is 0 Å². The smallest absolute Gasteiger partial charge is 0.191 e. The molecule has 2 N–H and O–H groups in total. The van der Waals surface area contributed by atoms with Gasteiger partial charge < -0.3 is 10.6 Å². The van der Waals surface area contributed by atoms with Gasteiger partial charge in [0, 0.05) is 25.0 Å². The molecule has 1 fully saturated rings. The summed E-state index contributed by atoms with van der Waals surface area (Å²) in [6.07, 6.45) is 5.55. The number of piperidine rings is 1. The van der Waals surface area contributed by atoms with Gasteiger partial charge in [0.1, 0.15) is 0 Å². The lowest BCUT2D eigenvalue weighted by Gasteiger charge is -2.27. The number of guanidine groups is 1. The van der Waals surface area contributed by atoms with E-state index in [2.05, 4.69) is 20.0 Å². The molecule has 2 aromatic heterocycles. The number of pyridine rings is 1. The van der Waals surface area contributed by atoms with Crippen LogP contribution in [0.2, 0.25) is 0 Å². The lowest BCUT2D eigenvalue weighted by atomic mass is 10.1. The van der Waals surface area contributed by atoms with E-state index in [0.717, 1.165) is 35.9 Å². The van der Waals surface area contributed by atoms with Crippen LogP contribution < -0.4 is 5.73 Å². The average molecular weight is 440 g/mol. The van der Waals surface area contributed by atoms with Crippen LogP contribution in [-0.4, -0.2) is 38.7 Å². The van der Waals surface area contributed by atoms with E-state index in [0.29, 0.717) is 12.5 Å². The van der Waals surface area contributed by atoms with E-state index in [9.17, 15) is 0 Å². The molecule has 24 heavy (non-hydrogen) atoms. The number of rotatable bonds is 3. The summed E-state index contributed by atoms with van der Waals surface area (Å²) in [7, 11) is 0. The van der Waals surface area contributed by atoms with Gasteiger partial charge in [-0.1, -0.05) is 6.07 Å². The molecule has 7 heteroatoms. The maximum absolute atomic E-state index is 6.08. The van der Waals surface area contributed by atoms with Gasteiger partial charge in [-0.3, -0.25) is 0 Å². The number of halogens is 1. The van der Waals surface area contributed by atoms with Crippen molar-refractivity contribution in [3.8, 4) is 5.82 Å². The first kappa shape index (κ1) is 18.7. The maximum Gasteiger partial charge on any atom is 0.191 e. The SMILES string of the molecule is Cc1cc(C)n(-c2ccc(CN=C(N)N3CCCCC3)cn2)n1.I. The molecule has 1 aliphatic heterocycles. The van der Waals surface area contributed by atoms with E-state index < -0.39 is 0 Å². The standard InChI is InChI=1S/C17H24N6.HI/c1-13-10-14(2)23(21-13)16-7-6-15(11-19-16)12-20-17(18)22-8-4-3-5-9-22;/h6-7,10-11H,3-5,8-9,12H2,1-2H3,(H2,18,20);1H. The summed E-state index contributed by atoms with van der Waals surface area (Å²) in [4.78, 5) is 11.2. The van der Waals surface area contributed by atoms with Gasteiger partial charge in [-0.2, -0.15) is 5.10 Å². The van der Waals surface area contributed by atoms with Crippen LogP contribution >= 0.6 is 24.0 Å². The molecule has 3 heterocycles. The Morgan fingerprint density at radius 3 is 2.54 bits per heavy atom. The molecule has 0 radical (unpaired) electrons. The largest absolute Gasteiger partial charge is 0.370 e. The Bertz CT molecular complexity index is 686. The molecule has 1 aliphatic rings. The van der Waals surface area contributed by atoms with Gasteiger partial charge in [-0.15, -0.1) is 24.0 Å². The van der Waals surface area contributed by atoms with Crippen molar-refractivity contribution in [3.63, 3.8) is 0 Å². The molecule has 1 saturated heterocycles. The molecule has 0 bridgehead atoms. The molecular weight excluding hydrogens is 415 g/mol. The Morgan fingerprint density at radius 2 is 1.96 bits per heavy atom. The van der Waals surface area contributed by atoms with Crippen LogP contribution in [0.4, 0.5) is 0 Å². The molecule has 130 valence electrons. The molecule has 6 nitrogen and oxygen atoms in total. The molecule has 0 aromatic carbocycles. The van der Waals surface area contributed by atoms with Crippen molar-refractivity contribution in [2.45, 2.75) is 39.7 Å². The Kier molecular flexibility index (Phi) is 6.59. The first-order valence-corrected chi connectivity index (χ1v) is 8.17. The van der Waals surface area contributed by atoms with Crippen molar-refractivity contribution in [1.82, 2.24) is 19.7 Å². The van der Waals surface area contributed by atoms with Crippen molar-refractivity contribution in [2.24, 2.45) is 10.7 Å². The molecule has 0 aliphatic carbocycles. The molecule has 3 rings (SSSR count). The molecule has 0 saturated carbocycles. The number of likely N-dealkylation sites (tertiary alicyclic amines) is 1. The summed E-state index contributed by atoms with van der Waals surface area (Å²) in [6, 6.07) is 6.05.